The lowest BCUT2D eigenvalue weighted by molar-refractivity contribution is -0.129. The number of carbonyl (C=O) groups excluding carboxylic acids is 1. The summed E-state index contributed by atoms with van der Waals surface area (Å²) in [6.45, 7) is 0.381. The molecule has 0 saturated carbocycles. The fourth-order valence-electron chi connectivity index (χ4n) is 2.81. The van der Waals surface area contributed by atoms with Gasteiger partial charge in [0.2, 0.25) is 5.90 Å². The molecule has 4 nitrogen and oxygen atoms in total. The van der Waals surface area contributed by atoms with Crippen LogP contribution in [0, 0.1) is 11.6 Å². The lowest BCUT2D eigenvalue weighted by Gasteiger charge is -2.07. The second kappa shape index (κ2) is 8.99. The standard InChI is InChI=1S/C23H13BrClF2NO3/c24-15-6-4-13(5-7-15)12-30-16-3-1-2-14(8-16)9-21-23(29)31-22(28-21)17-10-19(26)20(27)11-18(17)25/h1-11H,12H2. The van der Waals surface area contributed by atoms with E-state index < -0.39 is 17.6 Å². The van der Waals surface area contributed by atoms with Gasteiger partial charge in [-0.05, 0) is 53.6 Å². The van der Waals surface area contributed by atoms with Gasteiger partial charge in [-0.1, -0.05) is 51.8 Å². The lowest BCUT2D eigenvalue weighted by Crippen LogP contribution is -2.07. The van der Waals surface area contributed by atoms with Crippen molar-refractivity contribution in [2.24, 2.45) is 4.99 Å². The molecule has 0 aliphatic carbocycles. The monoisotopic (exact) mass is 503 g/mol. The summed E-state index contributed by atoms with van der Waals surface area (Å²) < 4.78 is 38.7. The summed E-state index contributed by atoms with van der Waals surface area (Å²) >= 11 is 9.32. The molecule has 0 spiro atoms. The molecular formula is C23H13BrClF2NO3. The Bertz CT molecular complexity index is 1230. The quantitative estimate of drug-likeness (QED) is 0.233. The average molecular weight is 505 g/mol. The van der Waals surface area contributed by atoms with Gasteiger partial charge in [-0.2, -0.15) is 0 Å². The molecule has 1 aliphatic rings. The maximum absolute atomic E-state index is 13.6. The molecule has 1 aliphatic heterocycles. The number of hydrogen-bond acceptors (Lipinski definition) is 4. The number of halogens is 4. The second-order valence-corrected chi connectivity index (χ2v) is 7.89. The Hall–Kier alpha value is -3.03. The van der Waals surface area contributed by atoms with Crippen molar-refractivity contribution in [3.8, 4) is 5.75 Å². The minimum absolute atomic E-state index is 0.000796. The minimum Gasteiger partial charge on any atom is -0.489 e. The van der Waals surface area contributed by atoms with Crippen LogP contribution in [0.1, 0.15) is 16.7 Å². The Balaban J connectivity index is 1.54. The average Bonchev–Trinajstić information content (AvgIpc) is 3.10. The Morgan fingerprint density at radius 1 is 1.06 bits per heavy atom. The van der Waals surface area contributed by atoms with Crippen molar-refractivity contribution < 1.29 is 23.0 Å². The van der Waals surface area contributed by atoms with Crippen molar-refractivity contribution >= 4 is 45.5 Å². The second-order valence-electron chi connectivity index (χ2n) is 6.57. The molecular weight excluding hydrogens is 492 g/mol. The zero-order valence-electron chi connectivity index (χ0n) is 15.7. The molecule has 0 bridgehead atoms. The number of rotatable bonds is 5. The van der Waals surface area contributed by atoms with E-state index in [0.717, 1.165) is 22.2 Å². The van der Waals surface area contributed by atoms with Crippen molar-refractivity contribution in [2.75, 3.05) is 0 Å². The predicted molar refractivity (Wildman–Crippen MR) is 117 cm³/mol. The third-order valence-corrected chi connectivity index (χ3v) is 5.18. The van der Waals surface area contributed by atoms with Gasteiger partial charge < -0.3 is 9.47 Å². The Morgan fingerprint density at radius 2 is 1.81 bits per heavy atom. The summed E-state index contributed by atoms with van der Waals surface area (Å²) in [5.41, 5.74) is 1.65. The molecule has 0 atom stereocenters. The molecule has 0 unspecified atom stereocenters. The van der Waals surface area contributed by atoms with Crippen LogP contribution in [-0.4, -0.2) is 11.9 Å². The smallest absolute Gasteiger partial charge is 0.363 e. The number of ether oxygens (including phenoxy) is 2. The fourth-order valence-corrected chi connectivity index (χ4v) is 3.31. The van der Waals surface area contributed by atoms with Crippen LogP contribution in [0.4, 0.5) is 8.78 Å². The van der Waals surface area contributed by atoms with E-state index in [1.54, 1.807) is 24.3 Å². The number of carbonyl (C=O) groups is 1. The largest absolute Gasteiger partial charge is 0.489 e. The summed E-state index contributed by atoms with van der Waals surface area (Å²) in [5.74, 6) is -2.53. The van der Waals surface area contributed by atoms with Crippen LogP contribution in [0.3, 0.4) is 0 Å². The number of hydrogen-bond donors (Lipinski definition) is 0. The molecule has 0 saturated heterocycles. The van der Waals surface area contributed by atoms with Crippen LogP contribution in [-0.2, 0) is 16.1 Å². The summed E-state index contributed by atoms with van der Waals surface area (Å²) in [6, 6.07) is 16.5. The summed E-state index contributed by atoms with van der Waals surface area (Å²) in [6.07, 6.45) is 1.51. The third kappa shape index (κ3) is 5.00. The van der Waals surface area contributed by atoms with E-state index in [1.807, 2.05) is 24.3 Å². The number of cyclic esters (lactones) is 1. The van der Waals surface area contributed by atoms with Crippen molar-refractivity contribution in [3.05, 3.63) is 104 Å². The molecule has 0 radical (unpaired) electrons. The van der Waals surface area contributed by atoms with Crippen LogP contribution < -0.4 is 4.74 Å². The Labute approximate surface area is 189 Å². The molecule has 31 heavy (non-hydrogen) atoms. The molecule has 4 rings (SSSR count). The SMILES string of the molecule is O=C1OC(c2cc(F)c(F)cc2Cl)=NC1=Cc1cccc(OCc2ccc(Br)cc2)c1. The van der Waals surface area contributed by atoms with E-state index >= 15 is 0 Å². The van der Waals surface area contributed by atoms with Gasteiger partial charge in [-0.25, -0.2) is 18.6 Å². The van der Waals surface area contributed by atoms with Crippen LogP contribution in [0.15, 0.2) is 75.8 Å². The van der Waals surface area contributed by atoms with Gasteiger partial charge >= 0.3 is 5.97 Å². The van der Waals surface area contributed by atoms with Gasteiger partial charge in [-0.3, -0.25) is 0 Å². The van der Waals surface area contributed by atoms with Gasteiger partial charge in [0.25, 0.3) is 0 Å². The highest BCUT2D eigenvalue weighted by molar-refractivity contribution is 9.10. The Morgan fingerprint density at radius 3 is 2.58 bits per heavy atom. The fraction of sp³-hybridized carbons (Fsp3) is 0.0435. The predicted octanol–water partition coefficient (Wildman–Crippen LogP) is 6.30. The zero-order chi connectivity index (χ0) is 22.0. The molecule has 0 aromatic heterocycles. The van der Waals surface area contributed by atoms with E-state index in [2.05, 4.69) is 20.9 Å². The maximum atomic E-state index is 13.6. The molecule has 3 aromatic rings. The van der Waals surface area contributed by atoms with E-state index in [9.17, 15) is 13.6 Å². The number of benzene rings is 3. The van der Waals surface area contributed by atoms with Crippen LogP contribution in [0.5, 0.6) is 5.75 Å². The van der Waals surface area contributed by atoms with Crippen molar-refractivity contribution in [1.82, 2.24) is 0 Å². The highest BCUT2D eigenvalue weighted by Crippen LogP contribution is 2.26. The number of nitrogens with zero attached hydrogens (tertiary/aromatic N) is 1. The van der Waals surface area contributed by atoms with Crippen LogP contribution in [0.25, 0.3) is 6.08 Å². The Kier molecular flexibility index (Phi) is 6.15. The first-order valence-electron chi connectivity index (χ1n) is 9.04. The summed E-state index contributed by atoms with van der Waals surface area (Å²) in [4.78, 5) is 16.3. The van der Waals surface area contributed by atoms with E-state index in [-0.39, 0.29) is 22.2 Å². The van der Waals surface area contributed by atoms with Crippen LogP contribution >= 0.6 is 27.5 Å². The van der Waals surface area contributed by atoms with E-state index in [0.29, 0.717) is 17.9 Å². The summed E-state index contributed by atoms with van der Waals surface area (Å²) in [5, 5.41) is -0.116. The van der Waals surface area contributed by atoms with Gasteiger partial charge in [0.05, 0.1) is 10.6 Å². The highest BCUT2D eigenvalue weighted by atomic mass is 79.9. The molecule has 0 N–H and O–H groups in total. The first-order chi connectivity index (χ1) is 14.9. The number of aliphatic imine (C=N–C) groups is 1. The summed E-state index contributed by atoms with van der Waals surface area (Å²) in [7, 11) is 0. The minimum atomic E-state index is -1.12. The first kappa shape index (κ1) is 21.2. The topological polar surface area (TPSA) is 47.9 Å². The van der Waals surface area contributed by atoms with Crippen LogP contribution in [0.2, 0.25) is 5.02 Å². The van der Waals surface area contributed by atoms with E-state index in [4.69, 9.17) is 21.1 Å². The molecule has 0 amide bonds. The van der Waals surface area contributed by atoms with Gasteiger partial charge in [0.1, 0.15) is 12.4 Å². The maximum Gasteiger partial charge on any atom is 0.363 e. The van der Waals surface area contributed by atoms with E-state index in [1.165, 1.54) is 6.08 Å². The van der Waals surface area contributed by atoms with Gasteiger partial charge in [0, 0.05) is 4.47 Å². The highest BCUT2D eigenvalue weighted by Gasteiger charge is 2.26. The van der Waals surface area contributed by atoms with Gasteiger partial charge in [0.15, 0.2) is 17.3 Å². The number of esters is 1. The normalized spacial score (nSPS) is 14.5. The van der Waals surface area contributed by atoms with Crippen molar-refractivity contribution in [2.45, 2.75) is 6.61 Å². The molecule has 0 fully saturated rings. The zero-order valence-corrected chi connectivity index (χ0v) is 18.1. The molecule has 156 valence electrons. The lowest BCUT2D eigenvalue weighted by atomic mass is 10.2. The molecule has 3 aromatic carbocycles. The van der Waals surface area contributed by atoms with Crippen molar-refractivity contribution in [3.63, 3.8) is 0 Å². The third-order valence-electron chi connectivity index (χ3n) is 4.34. The van der Waals surface area contributed by atoms with Gasteiger partial charge in [-0.15, -0.1) is 0 Å². The first-order valence-corrected chi connectivity index (χ1v) is 10.2. The van der Waals surface area contributed by atoms with Crippen molar-refractivity contribution in [1.29, 1.82) is 0 Å². The molecule has 1 heterocycles. The molecule has 8 heteroatoms.